The van der Waals surface area contributed by atoms with Crippen molar-refractivity contribution >= 4 is 11.7 Å². The highest BCUT2D eigenvalue weighted by Crippen LogP contribution is 2.17. The van der Waals surface area contributed by atoms with Crippen molar-refractivity contribution in [2.24, 2.45) is 5.73 Å². The number of hydrogen-bond acceptors (Lipinski definition) is 3. The van der Waals surface area contributed by atoms with E-state index in [0.717, 1.165) is 32.1 Å². The number of amides is 1. The highest BCUT2D eigenvalue weighted by Gasteiger charge is 2.20. The van der Waals surface area contributed by atoms with E-state index in [1.165, 1.54) is 5.56 Å². The van der Waals surface area contributed by atoms with Gasteiger partial charge in [-0.1, -0.05) is 31.2 Å². The molecule has 1 aromatic rings. The number of Topliss-reactive ketones (excluding diaryl/α,β-unsaturated/α-hetero) is 1. The van der Waals surface area contributed by atoms with Crippen LogP contribution in [0, 0.1) is 0 Å². The molecule has 0 aromatic heterocycles. The Bertz CT molecular complexity index is 502. The van der Waals surface area contributed by atoms with Crippen molar-refractivity contribution in [3.8, 4) is 0 Å². The van der Waals surface area contributed by atoms with E-state index in [4.69, 9.17) is 5.73 Å². The van der Waals surface area contributed by atoms with Gasteiger partial charge in [-0.2, -0.15) is 0 Å². The van der Waals surface area contributed by atoms with Gasteiger partial charge in [-0.3, -0.25) is 9.59 Å². The molecule has 4 heteroatoms. The Hall–Kier alpha value is -1.68. The number of rotatable bonds is 6. The number of carbonyl (C=O) groups excluding carboxylic acids is 2. The van der Waals surface area contributed by atoms with Crippen LogP contribution in [-0.4, -0.2) is 23.8 Å². The van der Waals surface area contributed by atoms with Crippen LogP contribution in [0.2, 0.25) is 0 Å². The third-order valence-corrected chi connectivity index (χ3v) is 4.40. The number of hydrogen-bond donors (Lipinski definition) is 2. The van der Waals surface area contributed by atoms with Crippen molar-refractivity contribution in [3.05, 3.63) is 35.4 Å². The maximum Gasteiger partial charge on any atom is 0.220 e. The summed E-state index contributed by atoms with van der Waals surface area (Å²) in [6.07, 6.45) is 5.31. The van der Waals surface area contributed by atoms with E-state index in [0.29, 0.717) is 5.56 Å². The number of nitrogens with one attached hydrogen (secondary N) is 1. The second kappa shape index (κ2) is 8.08. The summed E-state index contributed by atoms with van der Waals surface area (Å²) < 4.78 is 0. The van der Waals surface area contributed by atoms with Gasteiger partial charge in [0, 0.05) is 30.5 Å². The van der Waals surface area contributed by atoms with Crippen LogP contribution in [-0.2, 0) is 11.2 Å². The first-order chi connectivity index (χ1) is 10.6. The van der Waals surface area contributed by atoms with E-state index in [1.54, 1.807) is 0 Å². The Balaban J connectivity index is 1.74. The molecule has 1 fully saturated rings. The van der Waals surface area contributed by atoms with Crippen LogP contribution >= 0.6 is 0 Å². The summed E-state index contributed by atoms with van der Waals surface area (Å²) in [5.41, 5.74) is 7.76. The average Bonchev–Trinajstić information content (AvgIpc) is 2.55. The van der Waals surface area contributed by atoms with E-state index in [-0.39, 0.29) is 36.6 Å². The minimum atomic E-state index is -0.0287. The largest absolute Gasteiger partial charge is 0.353 e. The molecule has 0 saturated heterocycles. The molecule has 0 spiro atoms. The monoisotopic (exact) mass is 302 g/mol. The third-order valence-electron chi connectivity index (χ3n) is 4.40. The van der Waals surface area contributed by atoms with E-state index in [1.807, 2.05) is 24.3 Å². The van der Waals surface area contributed by atoms with Gasteiger partial charge in [-0.15, -0.1) is 0 Å². The lowest BCUT2D eigenvalue weighted by molar-refractivity contribution is -0.122. The van der Waals surface area contributed by atoms with E-state index in [9.17, 15) is 9.59 Å². The van der Waals surface area contributed by atoms with Crippen molar-refractivity contribution in [1.29, 1.82) is 0 Å². The third kappa shape index (κ3) is 4.95. The van der Waals surface area contributed by atoms with Crippen molar-refractivity contribution in [3.63, 3.8) is 0 Å². The molecule has 0 radical (unpaired) electrons. The number of aryl methyl sites for hydroxylation is 1. The van der Waals surface area contributed by atoms with Crippen LogP contribution in [0.15, 0.2) is 24.3 Å². The minimum absolute atomic E-state index is 0.0287. The predicted molar refractivity (Wildman–Crippen MR) is 87.8 cm³/mol. The van der Waals surface area contributed by atoms with Gasteiger partial charge in [-0.25, -0.2) is 0 Å². The van der Waals surface area contributed by atoms with Gasteiger partial charge < -0.3 is 11.1 Å². The quantitative estimate of drug-likeness (QED) is 0.793. The molecule has 0 heterocycles. The normalized spacial score (nSPS) is 21.4. The Morgan fingerprint density at radius 1 is 1.09 bits per heavy atom. The fraction of sp³-hybridized carbons (Fsp3) is 0.556. The molecule has 1 amide bonds. The van der Waals surface area contributed by atoms with Gasteiger partial charge in [0.2, 0.25) is 5.91 Å². The summed E-state index contributed by atoms with van der Waals surface area (Å²) in [6, 6.07) is 8.15. The summed E-state index contributed by atoms with van der Waals surface area (Å²) >= 11 is 0. The van der Waals surface area contributed by atoms with Gasteiger partial charge in [-0.05, 0) is 37.7 Å². The van der Waals surface area contributed by atoms with Gasteiger partial charge in [0.1, 0.15) is 0 Å². The predicted octanol–water partition coefficient (Wildman–Crippen LogP) is 2.60. The zero-order valence-corrected chi connectivity index (χ0v) is 13.3. The van der Waals surface area contributed by atoms with Gasteiger partial charge in [0.15, 0.2) is 5.78 Å². The Labute approximate surface area is 132 Å². The lowest BCUT2D eigenvalue weighted by atomic mass is 9.91. The van der Waals surface area contributed by atoms with Crippen molar-refractivity contribution < 1.29 is 9.59 Å². The second-order valence-corrected chi connectivity index (χ2v) is 6.15. The smallest absolute Gasteiger partial charge is 0.220 e. The number of nitrogens with two attached hydrogens (primary N) is 1. The zero-order valence-electron chi connectivity index (χ0n) is 13.3. The number of carbonyl (C=O) groups is 2. The summed E-state index contributed by atoms with van der Waals surface area (Å²) in [6.45, 7) is 2.08. The summed E-state index contributed by atoms with van der Waals surface area (Å²) in [4.78, 5) is 24.0. The molecular formula is C18H26N2O2. The molecule has 0 atom stereocenters. The molecule has 1 aliphatic rings. The molecule has 22 heavy (non-hydrogen) atoms. The van der Waals surface area contributed by atoms with Gasteiger partial charge in [0.05, 0.1) is 0 Å². The molecule has 2 rings (SSSR count). The fourth-order valence-corrected chi connectivity index (χ4v) is 2.86. The Morgan fingerprint density at radius 2 is 1.73 bits per heavy atom. The maximum absolute atomic E-state index is 12.1. The summed E-state index contributed by atoms with van der Waals surface area (Å²) in [7, 11) is 0. The molecule has 1 saturated carbocycles. The average molecular weight is 302 g/mol. The lowest BCUT2D eigenvalue weighted by Gasteiger charge is -2.26. The Morgan fingerprint density at radius 3 is 2.32 bits per heavy atom. The van der Waals surface area contributed by atoms with Crippen molar-refractivity contribution in [2.75, 3.05) is 0 Å². The summed E-state index contributed by atoms with van der Waals surface area (Å²) in [5, 5.41) is 3.02. The molecule has 1 aliphatic carbocycles. The van der Waals surface area contributed by atoms with Crippen LogP contribution in [0.3, 0.4) is 0 Å². The fourth-order valence-electron chi connectivity index (χ4n) is 2.86. The maximum atomic E-state index is 12.1. The molecule has 120 valence electrons. The topological polar surface area (TPSA) is 72.2 Å². The molecule has 0 unspecified atom stereocenters. The first-order valence-corrected chi connectivity index (χ1v) is 8.25. The highest BCUT2D eigenvalue weighted by molar-refractivity contribution is 5.98. The first kappa shape index (κ1) is 16.7. The van der Waals surface area contributed by atoms with Crippen LogP contribution in [0.25, 0.3) is 0 Å². The van der Waals surface area contributed by atoms with E-state index < -0.39 is 0 Å². The molecule has 0 aliphatic heterocycles. The van der Waals surface area contributed by atoms with Crippen molar-refractivity contribution in [2.45, 2.75) is 64.0 Å². The molecule has 1 aromatic carbocycles. The second-order valence-electron chi connectivity index (χ2n) is 6.15. The Kier molecular flexibility index (Phi) is 6.13. The molecule has 3 N–H and O–H groups in total. The minimum Gasteiger partial charge on any atom is -0.353 e. The number of ketones is 1. The SMILES string of the molecule is CCc1ccc(C(=O)CCC(=O)NC2CCC(N)CC2)cc1. The molecule has 0 bridgehead atoms. The first-order valence-electron chi connectivity index (χ1n) is 8.25. The molecule has 4 nitrogen and oxygen atoms in total. The van der Waals surface area contributed by atoms with Gasteiger partial charge in [0.25, 0.3) is 0 Å². The van der Waals surface area contributed by atoms with Crippen LogP contribution in [0.4, 0.5) is 0 Å². The van der Waals surface area contributed by atoms with Crippen LogP contribution in [0.1, 0.15) is 61.4 Å². The van der Waals surface area contributed by atoms with E-state index >= 15 is 0 Å². The highest BCUT2D eigenvalue weighted by atomic mass is 16.2. The van der Waals surface area contributed by atoms with Crippen LogP contribution in [0.5, 0.6) is 0 Å². The zero-order chi connectivity index (χ0) is 15.9. The molecular weight excluding hydrogens is 276 g/mol. The lowest BCUT2D eigenvalue weighted by Crippen LogP contribution is -2.40. The summed E-state index contributed by atoms with van der Waals surface area (Å²) in [5.74, 6) is 0.00229. The van der Waals surface area contributed by atoms with Crippen LogP contribution < -0.4 is 11.1 Å². The number of benzene rings is 1. The van der Waals surface area contributed by atoms with Crippen molar-refractivity contribution in [1.82, 2.24) is 5.32 Å². The standard InChI is InChI=1S/C18H26N2O2/c1-2-13-3-5-14(6-4-13)17(21)11-12-18(22)20-16-9-7-15(19)8-10-16/h3-6,15-16H,2,7-12,19H2,1H3,(H,20,22). The van der Waals surface area contributed by atoms with E-state index in [2.05, 4.69) is 12.2 Å². The van der Waals surface area contributed by atoms with Gasteiger partial charge >= 0.3 is 0 Å².